The quantitative estimate of drug-likeness (QED) is 0.0706. The summed E-state index contributed by atoms with van der Waals surface area (Å²) >= 11 is 0. The summed E-state index contributed by atoms with van der Waals surface area (Å²) in [6.07, 6.45) is 8.78. The van der Waals surface area contributed by atoms with Crippen LogP contribution in [0.15, 0.2) is 77.6 Å². The molecule has 1 amide bonds. The zero-order valence-electron chi connectivity index (χ0n) is 30.3. The Labute approximate surface area is 306 Å². The van der Waals surface area contributed by atoms with E-state index in [-0.39, 0.29) is 29.5 Å². The number of piperidine rings is 3. The van der Waals surface area contributed by atoms with Crippen LogP contribution in [0.1, 0.15) is 92.2 Å². The number of benzene rings is 3. The molecule has 4 heterocycles. The number of hydrogen-bond acceptors (Lipinski definition) is 8. The number of ether oxygens (including phenoxy) is 2. The van der Waals surface area contributed by atoms with Gasteiger partial charge in [-0.25, -0.2) is 4.79 Å². The molecule has 3 saturated heterocycles. The number of phenols is 1. The van der Waals surface area contributed by atoms with Gasteiger partial charge in [-0.1, -0.05) is 80.1 Å². The van der Waals surface area contributed by atoms with E-state index in [2.05, 4.69) is 51.7 Å². The van der Waals surface area contributed by atoms with Gasteiger partial charge in [0.2, 0.25) is 5.56 Å². The Hall–Kier alpha value is -4.38. The van der Waals surface area contributed by atoms with Gasteiger partial charge in [-0.05, 0) is 99.1 Å². The SMILES string of the molecule is Cc1ccc(C(NC(=O)O[C@H]2CN3CCC2CC3)c2cccc(OCCCCCCCCCNC[C@@H](O)c3ccc(O)c4[nH]c(=O)ccc34)c2)cc1. The van der Waals surface area contributed by atoms with E-state index in [1.165, 1.54) is 30.5 Å². The van der Waals surface area contributed by atoms with Crippen LogP contribution in [0.25, 0.3) is 10.9 Å². The fourth-order valence-corrected chi connectivity index (χ4v) is 7.56. The van der Waals surface area contributed by atoms with Crippen LogP contribution in [0.3, 0.4) is 0 Å². The average Bonchev–Trinajstić information content (AvgIpc) is 3.15. The van der Waals surface area contributed by atoms with Gasteiger partial charge in [-0.3, -0.25) is 9.69 Å². The lowest BCUT2D eigenvalue weighted by Gasteiger charge is -2.43. The molecular formula is C42H54N4O6. The molecule has 0 radical (unpaired) electrons. The molecule has 5 N–H and O–H groups in total. The summed E-state index contributed by atoms with van der Waals surface area (Å²) in [7, 11) is 0. The van der Waals surface area contributed by atoms with Crippen LogP contribution >= 0.6 is 0 Å². The molecular weight excluding hydrogens is 656 g/mol. The van der Waals surface area contributed by atoms with E-state index < -0.39 is 6.10 Å². The first-order valence-electron chi connectivity index (χ1n) is 19.1. The predicted octanol–water partition coefficient (Wildman–Crippen LogP) is 6.88. The van der Waals surface area contributed by atoms with Crippen molar-refractivity contribution in [3.63, 3.8) is 0 Å². The van der Waals surface area contributed by atoms with Crippen LogP contribution in [-0.4, -0.2) is 71.6 Å². The number of nitrogens with zero attached hydrogens (tertiary/aromatic N) is 1. The number of H-pyrrole nitrogens is 1. The number of aliphatic hydroxyl groups is 1. The molecule has 3 atom stereocenters. The molecule has 3 aliphatic heterocycles. The molecule has 10 heteroatoms. The first-order valence-corrected chi connectivity index (χ1v) is 19.1. The Morgan fingerprint density at radius 2 is 1.67 bits per heavy atom. The number of alkyl carbamates (subject to hydrolysis) is 1. The molecule has 7 rings (SSSR count). The van der Waals surface area contributed by atoms with Crippen LogP contribution in [0.5, 0.6) is 11.5 Å². The molecule has 3 fully saturated rings. The molecule has 10 nitrogen and oxygen atoms in total. The standard InChI is InChI=1S/C42H54N4O6/c1-29-12-14-31(15-13-29)40(45-42(50)52-38-28-46-23-20-30(38)21-24-46)32-10-9-11-33(26-32)51-25-8-6-4-2-3-5-7-22-43-27-37(48)34-16-18-36(47)41-35(34)17-19-39(49)44-41/h9-19,26,30,37-38,40,43,47-48H,2-8,20-25,27-28H2,1H3,(H,44,49)(H,45,50)/t37-,38+,40?/m1/s1. The summed E-state index contributed by atoms with van der Waals surface area (Å²) < 4.78 is 12.2. The molecule has 1 aromatic heterocycles. The first-order chi connectivity index (χ1) is 25.3. The fourth-order valence-electron chi connectivity index (χ4n) is 7.56. The zero-order chi connectivity index (χ0) is 36.3. The molecule has 4 aromatic rings. The minimum Gasteiger partial charge on any atom is -0.506 e. The number of hydrogen-bond donors (Lipinski definition) is 5. The number of rotatable bonds is 18. The van der Waals surface area contributed by atoms with Gasteiger partial charge in [0.15, 0.2) is 0 Å². The maximum atomic E-state index is 13.2. The molecule has 3 aliphatic rings. The van der Waals surface area contributed by atoms with Crippen LogP contribution in [-0.2, 0) is 4.74 Å². The molecule has 0 saturated carbocycles. The Bertz CT molecular complexity index is 1800. The number of pyridine rings is 1. The van der Waals surface area contributed by atoms with E-state index in [1.54, 1.807) is 12.1 Å². The maximum absolute atomic E-state index is 13.2. The van der Waals surface area contributed by atoms with Gasteiger partial charge >= 0.3 is 6.09 Å². The number of amides is 1. The number of aromatic hydroxyl groups is 1. The second-order valence-electron chi connectivity index (χ2n) is 14.5. The summed E-state index contributed by atoms with van der Waals surface area (Å²) in [5.41, 5.74) is 3.86. The highest BCUT2D eigenvalue weighted by atomic mass is 16.6. The van der Waals surface area contributed by atoms with E-state index in [0.29, 0.717) is 35.5 Å². The van der Waals surface area contributed by atoms with Gasteiger partial charge in [0.25, 0.3) is 0 Å². The lowest BCUT2D eigenvalue weighted by Crippen LogP contribution is -2.52. The molecule has 2 bridgehead atoms. The monoisotopic (exact) mass is 710 g/mol. The highest BCUT2D eigenvalue weighted by Gasteiger charge is 2.37. The third-order valence-electron chi connectivity index (χ3n) is 10.6. The van der Waals surface area contributed by atoms with Gasteiger partial charge in [0, 0.05) is 24.5 Å². The van der Waals surface area contributed by atoms with Gasteiger partial charge in [-0.2, -0.15) is 0 Å². The number of aryl methyl sites for hydroxylation is 1. The average molecular weight is 711 g/mol. The minimum absolute atomic E-state index is 0.00885. The number of phenolic OH excluding ortho intramolecular Hbond substituents is 1. The second-order valence-corrected chi connectivity index (χ2v) is 14.5. The number of unbranched alkanes of at least 4 members (excludes halogenated alkanes) is 6. The van der Waals surface area contributed by atoms with Crippen molar-refractivity contribution in [1.29, 1.82) is 0 Å². The van der Waals surface area contributed by atoms with E-state index in [4.69, 9.17) is 9.47 Å². The van der Waals surface area contributed by atoms with Crippen molar-refractivity contribution in [3.8, 4) is 11.5 Å². The molecule has 1 unspecified atom stereocenters. The zero-order valence-corrected chi connectivity index (χ0v) is 30.3. The van der Waals surface area contributed by atoms with Gasteiger partial charge in [-0.15, -0.1) is 0 Å². The Balaban J connectivity index is 0.871. The van der Waals surface area contributed by atoms with E-state index in [1.807, 2.05) is 24.3 Å². The van der Waals surface area contributed by atoms with Crippen LogP contribution in [0.2, 0.25) is 0 Å². The predicted molar refractivity (Wildman–Crippen MR) is 204 cm³/mol. The first kappa shape index (κ1) is 37.4. The second kappa shape index (κ2) is 18.4. The lowest BCUT2D eigenvalue weighted by atomic mass is 9.86. The van der Waals surface area contributed by atoms with E-state index >= 15 is 0 Å². The summed E-state index contributed by atoms with van der Waals surface area (Å²) in [5.74, 6) is 1.25. The van der Waals surface area contributed by atoms with Crippen molar-refractivity contribution in [3.05, 3.63) is 105 Å². The number of fused-ring (bicyclic) bond motifs is 4. The smallest absolute Gasteiger partial charge is 0.408 e. The van der Waals surface area contributed by atoms with Crippen molar-refractivity contribution in [2.45, 2.75) is 83.0 Å². The molecule has 0 aliphatic carbocycles. The van der Waals surface area contributed by atoms with Crippen LogP contribution in [0.4, 0.5) is 4.79 Å². The van der Waals surface area contributed by atoms with Crippen molar-refractivity contribution < 1.29 is 24.5 Å². The maximum Gasteiger partial charge on any atom is 0.408 e. The van der Waals surface area contributed by atoms with E-state index in [0.717, 1.165) is 88.0 Å². The van der Waals surface area contributed by atoms with Gasteiger partial charge in [0.1, 0.15) is 17.6 Å². The molecule has 278 valence electrons. The van der Waals surface area contributed by atoms with Crippen LogP contribution in [0, 0.1) is 12.8 Å². The summed E-state index contributed by atoms with van der Waals surface area (Å²) in [6.45, 7) is 6.96. The molecule has 3 aromatic carbocycles. The third-order valence-corrected chi connectivity index (χ3v) is 10.6. The van der Waals surface area contributed by atoms with Crippen molar-refractivity contribution in [2.75, 3.05) is 39.3 Å². The minimum atomic E-state index is -0.742. The van der Waals surface area contributed by atoms with Crippen molar-refractivity contribution in [1.82, 2.24) is 20.5 Å². The number of carbonyl (C=O) groups is 1. The van der Waals surface area contributed by atoms with E-state index in [9.17, 15) is 19.8 Å². The molecule has 52 heavy (non-hydrogen) atoms. The summed E-state index contributed by atoms with van der Waals surface area (Å²) in [4.78, 5) is 29.9. The number of aromatic nitrogens is 1. The normalized spacial score (nSPS) is 19.3. The Morgan fingerprint density at radius 3 is 2.42 bits per heavy atom. The van der Waals surface area contributed by atoms with Crippen LogP contribution < -0.4 is 20.9 Å². The number of carbonyl (C=O) groups excluding carboxylic acids is 1. The largest absolute Gasteiger partial charge is 0.506 e. The Kier molecular flexibility index (Phi) is 13.2. The topological polar surface area (TPSA) is 136 Å². The molecule has 0 spiro atoms. The number of aromatic amines is 1. The highest BCUT2D eigenvalue weighted by molar-refractivity contribution is 5.87. The lowest BCUT2D eigenvalue weighted by molar-refractivity contribution is -0.0336. The summed E-state index contributed by atoms with van der Waals surface area (Å²) in [5, 5.41) is 27.9. The summed E-state index contributed by atoms with van der Waals surface area (Å²) in [6, 6.07) is 22.2. The Morgan fingerprint density at radius 1 is 0.923 bits per heavy atom. The van der Waals surface area contributed by atoms with Gasteiger partial charge < -0.3 is 35.3 Å². The van der Waals surface area contributed by atoms with Crippen molar-refractivity contribution >= 4 is 17.0 Å². The number of nitrogens with one attached hydrogen (secondary N) is 3. The van der Waals surface area contributed by atoms with Gasteiger partial charge in [0.05, 0.1) is 24.3 Å². The fraction of sp³-hybridized carbons (Fsp3) is 0.476. The highest BCUT2D eigenvalue weighted by Crippen LogP contribution is 2.31. The number of aliphatic hydroxyl groups excluding tert-OH is 1. The third kappa shape index (κ3) is 10.1. The van der Waals surface area contributed by atoms with Crippen molar-refractivity contribution in [2.24, 2.45) is 5.92 Å².